The van der Waals surface area contributed by atoms with Crippen molar-refractivity contribution in [3.63, 3.8) is 0 Å². The van der Waals surface area contributed by atoms with Gasteiger partial charge in [-0.15, -0.1) is 0 Å². The first-order valence-corrected chi connectivity index (χ1v) is 23.6. The number of carbonyl (C=O) groups excluding carboxylic acids is 5. The van der Waals surface area contributed by atoms with Crippen molar-refractivity contribution in [2.24, 2.45) is 17.3 Å². The van der Waals surface area contributed by atoms with Crippen molar-refractivity contribution in [3.05, 3.63) is 89.0 Å². The summed E-state index contributed by atoms with van der Waals surface area (Å²) in [6.07, 6.45) is 1.32. The number of urea groups is 1. The third kappa shape index (κ3) is 11.0. The third-order valence-corrected chi connectivity index (χ3v) is 14.4. The van der Waals surface area contributed by atoms with Crippen molar-refractivity contribution in [3.8, 4) is 5.75 Å². The lowest BCUT2D eigenvalue weighted by Gasteiger charge is -2.64. The second-order valence-electron chi connectivity index (χ2n) is 20.4. The molecule has 0 aromatic heterocycles. The number of para-hydroxylation sites is 1. The molecule has 9 rings (SSSR count). The number of aromatic carboxylic acids is 1. The Morgan fingerprint density at radius 3 is 2.13 bits per heavy atom. The fourth-order valence-electron chi connectivity index (χ4n) is 10.4. The molecular formula is C48H59B3N4O16. The maximum absolute atomic E-state index is 13.6. The molecule has 3 aromatic rings. The van der Waals surface area contributed by atoms with Crippen molar-refractivity contribution >= 4 is 73.9 Å². The number of carbonyl (C=O) groups is 7. The zero-order valence-electron chi connectivity index (χ0n) is 40.6. The minimum atomic E-state index is -1.76. The summed E-state index contributed by atoms with van der Waals surface area (Å²) in [5, 5.41) is 53.4. The molecular weight excluding hydrogens is 921 g/mol. The van der Waals surface area contributed by atoms with Gasteiger partial charge in [-0.1, -0.05) is 74.5 Å². The third-order valence-electron chi connectivity index (χ3n) is 14.4. The van der Waals surface area contributed by atoms with Crippen LogP contribution in [0.4, 0.5) is 9.59 Å². The summed E-state index contributed by atoms with van der Waals surface area (Å²) in [5.74, 6) is -4.45. The molecule has 3 unspecified atom stereocenters. The number of aliphatic carboxylic acids is 1. The maximum Gasteiger partial charge on any atom is 0.526 e. The number of nitrogens with one attached hydrogen (secondary N) is 2. The Bertz CT molecular complexity index is 2560. The van der Waals surface area contributed by atoms with E-state index in [1.807, 2.05) is 12.1 Å². The Labute approximate surface area is 411 Å². The number of hydrogen-bond donors (Lipinski definition) is 7. The molecule has 3 saturated carbocycles. The molecule has 376 valence electrons. The molecule has 5 fully saturated rings. The first kappa shape index (κ1) is 52.6. The summed E-state index contributed by atoms with van der Waals surface area (Å²) in [6, 6.07) is 13.5. The van der Waals surface area contributed by atoms with Crippen LogP contribution in [0.25, 0.3) is 0 Å². The number of alkyl carbamates (subject to hydrolysis) is 1. The van der Waals surface area contributed by atoms with E-state index in [0.29, 0.717) is 29.5 Å². The monoisotopic (exact) mass is 980 g/mol. The summed E-state index contributed by atoms with van der Waals surface area (Å²) in [4.78, 5) is 88.8. The van der Waals surface area contributed by atoms with Crippen molar-refractivity contribution in [1.29, 1.82) is 0 Å². The van der Waals surface area contributed by atoms with Gasteiger partial charge in [-0.2, -0.15) is 0 Å². The van der Waals surface area contributed by atoms with Crippen LogP contribution in [0.5, 0.6) is 5.75 Å². The van der Waals surface area contributed by atoms with Gasteiger partial charge in [-0.25, -0.2) is 19.2 Å². The number of nitrogens with zero attached hydrogens (tertiary/aromatic N) is 2. The molecule has 7 atom stereocenters. The van der Waals surface area contributed by atoms with Gasteiger partial charge in [0.15, 0.2) is 11.8 Å². The fourth-order valence-corrected chi connectivity index (χ4v) is 10.4. The topological polar surface area (TPSA) is 288 Å². The molecule has 2 bridgehead atoms. The molecule has 3 aliphatic carbocycles. The van der Waals surface area contributed by atoms with Gasteiger partial charge in [0.25, 0.3) is 0 Å². The van der Waals surface area contributed by atoms with E-state index in [4.69, 9.17) is 18.7 Å². The SMILES string of the molecule is CC(C)(C)OC(=O)NC(C(=O)O)c1ccc(B2OC3C[C@@H]4C[C@@H](C4(C)C)[C@]3(C)O2)cc1.CCN1CCN(C(=O)NC(C(=O)C[C@H]2Cc3cccc(C(=O)O)c3OB2O)c2ccc(B(O)O)cc2)C(=O)C1=O. The number of carboxylic acids is 2. The highest BCUT2D eigenvalue weighted by Gasteiger charge is 2.68. The highest BCUT2D eigenvalue weighted by atomic mass is 16.7. The molecule has 3 aromatic carbocycles. The second-order valence-corrected chi connectivity index (χ2v) is 20.4. The van der Waals surface area contributed by atoms with Crippen LogP contribution in [0.3, 0.4) is 0 Å². The Morgan fingerprint density at radius 2 is 1.54 bits per heavy atom. The first-order chi connectivity index (χ1) is 33.3. The Hall–Kier alpha value is -6.26. The molecule has 3 heterocycles. The number of carboxylic acid groups (broad SMARTS) is 2. The molecule has 3 aliphatic heterocycles. The molecule has 2 saturated heterocycles. The van der Waals surface area contributed by atoms with Crippen LogP contribution < -0.4 is 26.2 Å². The molecule has 7 N–H and O–H groups in total. The van der Waals surface area contributed by atoms with Crippen LogP contribution in [-0.2, 0) is 39.6 Å². The van der Waals surface area contributed by atoms with Crippen LogP contribution in [0.15, 0.2) is 66.7 Å². The normalized spacial score (nSPS) is 23.9. The number of ketones is 1. The number of hydrogen-bond acceptors (Lipinski definition) is 14. The van der Waals surface area contributed by atoms with E-state index in [9.17, 15) is 58.8 Å². The minimum absolute atomic E-state index is 0.0172. The predicted molar refractivity (Wildman–Crippen MR) is 257 cm³/mol. The summed E-state index contributed by atoms with van der Waals surface area (Å²) in [7, 11) is -3.75. The van der Waals surface area contributed by atoms with E-state index in [2.05, 4.69) is 31.4 Å². The van der Waals surface area contributed by atoms with Gasteiger partial charge in [0.05, 0.1) is 17.3 Å². The van der Waals surface area contributed by atoms with Gasteiger partial charge >= 0.3 is 57.2 Å². The number of likely N-dealkylation sites (N-methyl/N-ethyl adjacent to an activating group) is 1. The number of piperazine rings is 1. The molecule has 23 heteroatoms. The number of fused-ring (bicyclic) bond motifs is 1. The highest BCUT2D eigenvalue weighted by molar-refractivity contribution is 6.62. The van der Waals surface area contributed by atoms with Gasteiger partial charge in [-0.3, -0.25) is 19.3 Å². The van der Waals surface area contributed by atoms with E-state index < -0.39 is 86.5 Å². The number of Topliss-reactive ketones (excluding diaryl/α,β-unsaturated/α-hetero) is 1. The van der Waals surface area contributed by atoms with Crippen LogP contribution in [-0.4, -0.2) is 135 Å². The number of amides is 5. The van der Waals surface area contributed by atoms with Crippen molar-refractivity contribution in [2.45, 2.75) is 109 Å². The van der Waals surface area contributed by atoms with Crippen LogP contribution in [0.2, 0.25) is 5.82 Å². The summed E-state index contributed by atoms with van der Waals surface area (Å²) in [6.45, 7) is 14.0. The number of imide groups is 1. The second kappa shape index (κ2) is 20.5. The first-order valence-electron chi connectivity index (χ1n) is 23.6. The Morgan fingerprint density at radius 1 is 0.887 bits per heavy atom. The van der Waals surface area contributed by atoms with Gasteiger partial charge in [0, 0.05) is 31.9 Å². The standard InChI is InChI=1S/C25H27B2N3O10.C23H32BNO6/c1-2-29-10-11-30(23(33)22(29)32)25(36)28-20(14-6-8-16(9-7-14)26(37)38)19(31)13-17-12-15-4-3-5-18(24(34)35)21(15)40-27(17)39;1-21(2,3)29-20(28)25-18(19(26)27)13-7-9-15(10-8-13)24-30-17-12-14-11-16(22(14,4)5)23(17,6)31-24/h3-9,17,20,37-39H,2,10-13H2,1H3,(H,28,36)(H,34,35);7-10,14,16-18H,11-12H2,1-6H3,(H,25,28)(H,26,27)/t17-,20?;14-,16-,17?,18?,23-/m10/s1. The van der Waals surface area contributed by atoms with E-state index in [1.54, 1.807) is 45.9 Å². The Kier molecular flexibility index (Phi) is 15.1. The van der Waals surface area contributed by atoms with Crippen molar-refractivity contribution < 1.29 is 77.5 Å². The minimum Gasteiger partial charge on any atom is -0.535 e. The predicted octanol–water partition coefficient (Wildman–Crippen LogP) is 2.22. The summed E-state index contributed by atoms with van der Waals surface area (Å²) >= 11 is 0. The van der Waals surface area contributed by atoms with E-state index in [1.165, 1.54) is 47.7 Å². The lowest BCUT2D eigenvalue weighted by atomic mass is 9.43. The Balaban J connectivity index is 0.000000215. The maximum atomic E-state index is 13.6. The van der Waals surface area contributed by atoms with Crippen LogP contribution >= 0.6 is 0 Å². The zero-order valence-corrected chi connectivity index (χ0v) is 40.6. The quantitative estimate of drug-likeness (QED) is 0.101. The van der Waals surface area contributed by atoms with Crippen LogP contribution in [0, 0.1) is 17.3 Å². The number of ether oxygens (including phenoxy) is 1. The van der Waals surface area contributed by atoms with E-state index in [0.717, 1.165) is 16.8 Å². The van der Waals surface area contributed by atoms with Crippen molar-refractivity contribution in [1.82, 2.24) is 20.4 Å². The molecule has 0 spiro atoms. The molecule has 5 amide bonds. The lowest BCUT2D eigenvalue weighted by Crippen LogP contribution is -2.65. The molecule has 6 aliphatic rings. The smallest absolute Gasteiger partial charge is 0.526 e. The van der Waals surface area contributed by atoms with Crippen molar-refractivity contribution in [2.75, 3.05) is 19.6 Å². The highest BCUT2D eigenvalue weighted by Crippen LogP contribution is 2.65. The lowest BCUT2D eigenvalue weighted by molar-refractivity contribution is -0.199. The molecule has 71 heavy (non-hydrogen) atoms. The molecule has 0 radical (unpaired) electrons. The average molecular weight is 980 g/mol. The zero-order chi connectivity index (χ0) is 51.9. The summed E-state index contributed by atoms with van der Waals surface area (Å²) < 4.78 is 23.4. The molecule has 20 nitrogen and oxygen atoms in total. The van der Waals surface area contributed by atoms with Gasteiger partial charge in [0.2, 0.25) is 0 Å². The van der Waals surface area contributed by atoms with Crippen LogP contribution in [0.1, 0.15) is 107 Å². The van der Waals surface area contributed by atoms with E-state index in [-0.39, 0.29) is 65.4 Å². The van der Waals surface area contributed by atoms with Gasteiger partial charge in [0.1, 0.15) is 17.4 Å². The van der Waals surface area contributed by atoms with Gasteiger partial charge in [-0.05, 0) is 105 Å². The fraction of sp³-hybridized carbons (Fsp3) is 0.479. The summed E-state index contributed by atoms with van der Waals surface area (Å²) in [5.41, 5.74) is 1.31. The largest absolute Gasteiger partial charge is 0.535 e. The van der Waals surface area contributed by atoms with Gasteiger partial charge < -0.3 is 59.5 Å². The number of benzene rings is 3. The number of rotatable bonds is 12. The average Bonchev–Trinajstić information content (AvgIpc) is 3.68. The van der Waals surface area contributed by atoms with E-state index >= 15 is 0 Å².